The number of carbonyl (C=O) groups excluding carboxylic acids is 2. The minimum Gasteiger partial charge on any atom is -0.456 e. The van der Waals surface area contributed by atoms with E-state index in [1.54, 1.807) is 18.3 Å². The van der Waals surface area contributed by atoms with Crippen LogP contribution in [0.5, 0.6) is 0 Å². The van der Waals surface area contributed by atoms with E-state index in [2.05, 4.69) is 10.3 Å². The van der Waals surface area contributed by atoms with Crippen LogP contribution >= 0.6 is 0 Å². The molecule has 0 aliphatic heterocycles. The van der Waals surface area contributed by atoms with E-state index >= 15 is 0 Å². The Kier molecular flexibility index (Phi) is 6.56. The number of amides is 1. The van der Waals surface area contributed by atoms with Crippen LogP contribution in [0.4, 0.5) is 5.69 Å². The van der Waals surface area contributed by atoms with Crippen molar-refractivity contribution in [1.29, 1.82) is 0 Å². The first kappa shape index (κ1) is 21.2. The molecule has 5 heteroatoms. The molecule has 5 nitrogen and oxygen atoms in total. The number of nitrogens with one attached hydrogen (secondary N) is 1. The molecule has 0 saturated carbocycles. The lowest BCUT2D eigenvalue weighted by Crippen LogP contribution is -2.16. The summed E-state index contributed by atoms with van der Waals surface area (Å²) in [6.07, 6.45) is 29.3. The van der Waals surface area contributed by atoms with E-state index in [9.17, 15) is 9.59 Å². The van der Waals surface area contributed by atoms with Crippen LogP contribution in [0.2, 0.25) is 0 Å². The van der Waals surface area contributed by atoms with Crippen molar-refractivity contribution in [3.05, 3.63) is 114 Å². The van der Waals surface area contributed by atoms with Crippen LogP contribution in [0.1, 0.15) is 36.3 Å². The maximum atomic E-state index is 13.1. The fraction of sp³-hybridized carbons (Fsp3) is 0.148. The second kappa shape index (κ2) is 9.88. The van der Waals surface area contributed by atoms with Crippen LogP contribution in [0.3, 0.4) is 0 Å². The number of hydrogen-bond donors (Lipinski definition) is 1. The highest BCUT2D eigenvalue weighted by molar-refractivity contribution is 6.07. The Bertz CT molecular complexity index is 1170. The molecule has 0 saturated heterocycles. The molecule has 1 aromatic rings. The highest BCUT2D eigenvalue weighted by Gasteiger charge is 2.31. The zero-order valence-corrected chi connectivity index (χ0v) is 17.8. The minimum absolute atomic E-state index is 0.218. The van der Waals surface area contributed by atoms with Gasteiger partial charge in [0, 0.05) is 18.1 Å². The Morgan fingerprint density at radius 2 is 1.62 bits per heavy atom. The highest BCUT2D eigenvalue weighted by Crippen LogP contribution is 2.40. The smallest absolute Gasteiger partial charge is 0.303 e. The first-order chi connectivity index (χ1) is 15.6. The molecule has 0 aromatic carbocycles. The average molecular weight is 425 g/mol. The molecule has 3 aliphatic carbocycles. The molecule has 1 aromatic heterocycles. The van der Waals surface area contributed by atoms with Gasteiger partial charge in [0.1, 0.15) is 6.10 Å². The SMILES string of the molecule is CC(=O)OC1CCc2c1ncc(NC(=O)C1=C/C=C\C=C/C=C1)c2C1=C/C=C\C=C/C=C1. The number of fused-ring (bicyclic) bond motifs is 1. The number of esters is 1. The molecule has 3 aliphatic rings. The normalized spacial score (nSPS) is 22.7. The lowest BCUT2D eigenvalue weighted by molar-refractivity contribution is -0.146. The van der Waals surface area contributed by atoms with Crippen LogP contribution in [-0.2, 0) is 20.7 Å². The number of aromatic nitrogens is 1. The first-order valence-corrected chi connectivity index (χ1v) is 10.6. The number of anilines is 1. The maximum absolute atomic E-state index is 13.1. The Morgan fingerprint density at radius 1 is 0.938 bits per heavy atom. The van der Waals surface area contributed by atoms with E-state index in [4.69, 9.17) is 4.74 Å². The molecule has 1 unspecified atom stereocenters. The van der Waals surface area contributed by atoms with Gasteiger partial charge in [0.15, 0.2) is 0 Å². The van der Waals surface area contributed by atoms with E-state index in [0.717, 1.165) is 22.4 Å². The molecule has 4 rings (SSSR count). The fourth-order valence-electron chi connectivity index (χ4n) is 3.89. The Hall–Kier alpha value is -3.99. The van der Waals surface area contributed by atoms with Gasteiger partial charge in [-0.2, -0.15) is 0 Å². The van der Waals surface area contributed by atoms with Gasteiger partial charge in [0.2, 0.25) is 0 Å². The number of hydrogen-bond acceptors (Lipinski definition) is 4. The summed E-state index contributed by atoms with van der Waals surface area (Å²) in [6, 6.07) is 0. The van der Waals surface area contributed by atoms with Gasteiger partial charge in [0.25, 0.3) is 5.91 Å². The summed E-state index contributed by atoms with van der Waals surface area (Å²) >= 11 is 0. The number of allylic oxidation sites excluding steroid dienone is 14. The van der Waals surface area contributed by atoms with Crippen molar-refractivity contribution in [1.82, 2.24) is 4.98 Å². The minimum atomic E-state index is -0.368. The summed E-state index contributed by atoms with van der Waals surface area (Å²) in [5.41, 5.74) is 4.77. The summed E-state index contributed by atoms with van der Waals surface area (Å²) in [5, 5.41) is 3.04. The van der Waals surface area contributed by atoms with Crippen LogP contribution in [0.25, 0.3) is 5.57 Å². The third-order valence-electron chi connectivity index (χ3n) is 5.27. The van der Waals surface area contributed by atoms with Gasteiger partial charge in [-0.3, -0.25) is 14.6 Å². The first-order valence-electron chi connectivity index (χ1n) is 10.6. The molecule has 0 spiro atoms. The Balaban J connectivity index is 1.75. The quantitative estimate of drug-likeness (QED) is 0.671. The Morgan fingerprint density at radius 3 is 2.41 bits per heavy atom. The third kappa shape index (κ3) is 4.83. The van der Waals surface area contributed by atoms with Crippen LogP contribution < -0.4 is 5.32 Å². The number of pyridine rings is 1. The predicted molar refractivity (Wildman–Crippen MR) is 127 cm³/mol. The van der Waals surface area contributed by atoms with Gasteiger partial charge in [0.05, 0.1) is 17.6 Å². The van der Waals surface area contributed by atoms with Crippen molar-refractivity contribution in [2.24, 2.45) is 0 Å². The Labute approximate surface area is 187 Å². The maximum Gasteiger partial charge on any atom is 0.303 e. The monoisotopic (exact) mass is 424 g/mol. The summed E-state index contributed by atoms with van der Waals surface area (Å²) in [6.45, 7) is 1.41. The molecule has 0 bridgehead atoms. The number of carbonyl (C=O) groups is 2. The molecule has 1 atom stereocenters. The number of nitrogens with zero attached hydrogens (tertiary/aromatic N) is 1. The summed E-state index contributed by atoms with van der Waals surface area (Å²) in [4.78, 5) is 29.2. The van der Waals surface area contributed by atoms with Crippen molar-refractivity contribution in [2.75, 3.05) is 5.32 Å². The lowest BCUT2D eigenvalue weighted by Gasteiger charge is -2.18. The molecule has 32 heavy (non-hydrogen) atoms. The predicted octanol–water partition coefficient (Wildman–Crippen LogP) is 5.24. The van der Waals surface area contributed by atoms with Crippen molar-refractivity contribution >= 4 is 23.1 Å². The summed E-state index contributed by atoms with van der Waals surface area (Å²) in [5.74, 6) is -0.545. The third-order valence-corrected chi connectivity index (χ3v) is 5.27. The van der Waals surface area contributed by atoms with Crippen LogP contribution in [-0.4, -0.2) is 16.9 Å². The molecular formula is C27H24N2O3. The van der Waals surface area contributed by atoms with Crippen LogP contribution in [0, 0.1) is 0 Å². The van der Waals surface area contributed by atoms with E-state index < -0.39 is 0 Å². The second-order valence-corrected chi connectivity index (χ2v) is 7.50. The van der Waals surface area contributed by atoms with Gasteiger partial charge in [-0.1, -0.05) is 72.9 Å². The van der Waals surface area contributed by atoms with Gasteiger partial charge in [-0.15, -0.1) is 0 Å². The van der Waals surface area contributed by atoms with E-state index in [1.165, 1.54) is 6.92 Å². The fourth-order valence-corrected chi connectivity index (χ4v) is 3.89. The topological polar surface area (TPSA) is 68.3 Å². The summed E-state index contributed by atoms with van der Waals surface area (Å²) < 4.78 is 5.48. The zero-order valence-electron chi connectivity index (χ0n) is 17.8. The zero-order chi connectivity index (χ0) is 22.3. The van der Waals surface area contributed by atoms with Gasteiger partial charge in [-0.25, -0.2) is 0 Å². The standard InChI is InChI=1S/C27H24N2O3/c1-19(30)32-24-17-16-22-25(20-12-8-4-2-5-9-13-20)23(18-28-26(22)24)29-27(31)21-14-10-6-3-7-11-15-21/h2-15,18,24H,16-17H2,1H3,(H,29,31)/b4-2-,5-2?,6-3-,7-3?,8-4?,9-5-,10-6?,11-7-,12-8?,13-9?,14-10?,15-11?,20-12?,20-13?,21-14?,21-15?. The second-order valence-electron chi connectivity index (χ2n) is 7.50. The largest absolute Gasteiger partial charge is 0.456 e. The number of ether oxygens (including phenoxy) is 1. The van der Waals surface area contributed by atoms with E-state index in [-0.39, 0.29) is 18.0 Å². The van der Waals surface area contributed by atoms with Crippen molar-refractivity contribution in [2.45, 2.75) is 25.9 Å². The van der Waals surface area contributed by atoms with Crippen molar-refractivity contribution in [3.63, 3.8) is 0 Å². The molecule has 1 heterocycles. The van der Waals surface area contributed by atoms with Gasteiger partial charge < -0.3 is 10.1 Å². The lowest BCUT2D eigenvalue weighted by atomic mass is 9.96. The van der Waals surface area contributed by atoms with Crippen molar-refractivity contribution in [3.8, 4) is 0 Å². The molecule has 1 N–H and O–H groups in total. The summed E-state index contributed by atoms with van der Waals surface area (Å²) in [7, 11) is 0. The van der Waals surface area contributed by atoms with Crippen molar-refractivity contribution < 1.29 is 14.3 Å². The van der Waals surface area contributed by atoms with Gasteiger partial charge in [-0.05, 0) is 36.1 Å². The number of rotatable bonds is 4. The van der Waals surface area contributed by atoms with Crippen LogP contribution in [0.15, 0.2) is 96.8 Å². The highest BCUT2D eigenvalue weighted by atomic mass is 16.5. The molecule has 0 fully saturated rings. The molecule has 160 valence electrons. The molecule has 1 amide bonds. The molecule has 0 radical (unpaired) electrons. The van der Waals surface area contributed by atoms with E-state index in [1.807, 2.05) is 72.9 Å². The van der Waals surface area contributed by atoms with Gasteiger partial charge >= 0.3 is 5.97 Å². The van der Waals surface area contributed by atoms with E-state index in [0.29, 0.717) is 24.1 Å². The average Bonchev–Trinajstić information content (AvgIpc) is 3.10. The molecular weight excluding hydrogens is 400 g/mol.